The molecular weight excluding hydrogens is 490 g/mol. The van der Waals surface area contributed by atoms with E-state index in [0.29, 0.717) is 11.7 Å². The highest BCUT2D eigenvalue weighted by Gasteiger charge is 2.28. The molecule has 7 heteroatoms. The Balaban J connectivity index is 1.15. The first-order valence-corrected chi connectivity index (χ1v) is 13.5. The minimum Gasteiger partial charge on any atom is -0.458 e. The highest BCUT2D eigenvalue weighted by atomic mass is 32.2. The summed E-state index contributed by atoms with van der Waals surface area (Å²) in [6.45, 7) is 2.00. The number of hydrogen-bond acceptors (Lipinski definition) is 7. The predicted molar refractivity (Wildman–Crippen MR) is 154 cm³/mol. The molecule has 0 unspecified atom stereocenters. The van der Waals surface area contributed by atoms with Crippen molar-refractivity contribution in [1.82, 2.24) is 15.2 Å². The van der Waals surface area contributed by atoms with Crippen LogP contribution < -0.4 is 11.1 Å². The molecule has 7 rings (SSSR count). The topological polar surface area (TPSA) is 89.9 Å². The zero-order valence-corrected chi connectivity index (χ0v) is 21.6. The van der Waals surface area contributed by atoms with Crippen LogP contribution in [0.5, 0.6) is 0 Å². The number of furan rings is 1. The summed E-state index contributed by atoms with van der Waals surface area (Å²) >= 11 is 1.68. The van der Waals surface area contributed by atoms with Crippen LogP contribution in [0.3, 0.4) is 0 Å². The van der Waals surface area contributed by atoms with Crippen LogP contribution in [-0.4, -0.2) is 15.2 Å². The van der Waals surface area contributed by atoms with Gasteiger partial charge in [0.1, 0.15) is 17.0 Å². The number of rotatable bonds is 6. The number of aryl methyl sites for hydroxylation is 1. The number of hydrogen-bond donors (Lipinski definition) is 2. The Morgan fingerprint density at radius 2 is 1.74 bits per heavy atom. The van der Waals surface area contributed by atoms with E-state index in [4.69, 9.17) is 10.2 Å². The molecule has 1 aliphatic rings. The van der Waals surface area contributed by atoms with Gasteiger partial charge in [-0.3, -0.25) is 4.98 Å². The van der Waals surface area contributed by atoms with Gasteiger partial charge >= 0.3 is 0 Å². The summed E-state index contributed by atoms with van der Waals surface area (Å²) in [4.78, 5) is 6.69. The Kier molecular flexibility index (Phi) is 5.51. The van der Waals surface area contributed by atoms with Crippen LogP contribution in [-0.2, 0) is 0 Å². The molecule has 0 saturated heterocycles. The summed E-state index contributed by atoms with van der Waals surface area (Å²) in [5.41, 5.74) is 12.5. The van der Waals surface area contributed by atoms with E-state index in [9.17, 15) is 0 Å². The van der Waals surface area contributed by atoms with Crippen molar-refractivity contribution in [1.29, 1.82) is 0 Å². The molecule has 6 aromatic rings. The first-order chi connectivity index (χ1) is 18.6. The number of aromatic nitrogens is 3. The zero-order chi connectivity index (χ0) is 25.6. The molecule has 1 saturated carbocycles. The molecule has 1 fully saturated rings. The lowest BCUT2D eigenvalue weighted by Crippen LogP contribution is -1.99. The largest absolute Gasteiger partial charge is 0.458 e. The molecule has 0 radical (unpaired) electrons. The molecule has 0 aliphatic heterocycles. The van der Waals surface area contributed by atoms with Gasteiger partial charge in [-0.2, -0.15) is 0 Å². The van der Waals surface area contributed by atoms with Gasteiger partial charge in [-0.15, -0.1) is 10.2 Å². The van der Waals surface area contributed by atoms with Crippen molar-refractivity contribution in [3.63, 3.8) is 0 Å². The summed E-state index contributed by atoms with van der Waals surface area (Å²) < 4.78 is 6.17. The number of benzene rings is 3. The summed E-state index contributed by atoms with van der Waals surface area (Å²) in [6, 6.07) is 26.6. The van der Waals surface area contributed by atoms with Crippen molar-refractivity contribution in [3.05, 3.63) is 96.4 Å². The molecule has 3 aromatic heterocycles. The second-order valence-corrected chi connectivity index (χ2v) is 10.8. The number of pyridine rings is 1. The monoisotopic (exact) mass is 515 g/mol. The lowest BCUT2D eigenvalue weighted by atomic mass is 10.0. The fraction of sp³-hybridized carbons (Fsp3) is 0.129. The summed E-state index contributed by atoms with van der Waals surface area (Å²) in [7, 11) is 0. The lowest BCUT2D eigenvalue weighted by molar-refractivity contribution is 0.546. The van der Waals surface area contributed by atoms with Crippen LogP contribution in [0.4, 0.5) is 17.2 Å². The number of fused-ring (bicyclic) bond motifs is 2. The van der Waals surface area contributed by atoms with Gasteiger partial charge in [0.25, 0.3) is 0 Å². The Bertz CT molecular complexity index is 1810. The van der Waals surface area contributed by atoms with E-state index in [-0.39, 0.29) is 0 Å². The van der Waals surface area contributed by atoms with Gasteiger partial charge in [-0.1, -0.05) is 48.2 Å². The maximum atomic E-state index is 6.17. The quantitative estimate of drug-likeness (QED) is 0.217. The minimum atomic E-state index is 0.565. The van der Waals surface area contributed by atoms with E-state index in [1.165, 1.54) is 12.8 Å². The Labute approximate surface area is 224 Å². The van der Waals surface area contributed by atoms with Gasteiger partial charge in [0.15, 0.2) is 11.4 Å². The smallest absolute Gasteiger partial charge is 0.166 e. The predicted octanol–water partition coefficient (Wildman–Crippen LogP) is 8.10. The first kappa shape index (κ1) is 22.8. The van der Waals surface area contributed by atoms with Crippen LogP contribution in [0.1, 0.15) is 30.1 Å². The van der Waals surface area contributed by atoms with Crippen LogP contribution in [0.25, 0.3) is 33.1 Å². The molecule has 3 N–H and O–H groups in total. The average Bonchev–Trinajstić information content (AvgIpc) is 3.70. The number of nitrogens with one attached hydrogen (secondary N) is 1. The van der Waals surface area contributed by atoms with Crippen LogP contribution in [0.2, 0.25) is 0 Å². The molecule has 186 valence electrons. The normalized spacial score (nSPS) is 13.3. The van der Waals surface area contributed by atoms with Crippen molar-refractivity contribution in [2.75, 3.05) is 11.1 Å². The number of anilines is 3. The van der Waals surface area contributed by atoms with Gasteiger partial charge in [-0.25, -0.2) is 0 Å². The van der Waals surface area contributed by atoms with Crippen LogP contribution >= 0.6 is 11.8 Å². The number of nitrogens with zero attached hydrogens (tertiary/aromatic N) is 3. The van der Waals surface area contributed by atoms with E-state index >= 15 is 0 Å². The van der Waals surface area contributed by atoms with E-state index in [0.717, 1.165) is 65.6 Å². The number of nitrogens with two attached hydrogens (primary N) is 1. The second kappa shape index (κ2) is 9.19. The molecule has 0 atom stereocenters. The molecule has 3 heterocycles. The highest BCUT2D eigenvalue weighted by molar-refractivity contribution is 7.99. The van der Waals surface area contributed by atoms with Gasteiger partial charge in [-0.05, 0) is 61.7 Å². The van der Waals surface area contributed by atoms with Crippen molar-refractivity contribution in [2.24, 2.45) is 0 Å². The third kappa shape index (κ3) is 4.25. The lowest BCUT2D eigenvalue weighted by Gasteiger charge is -2.12. The third-order valence-electron chi connectivity index (χ3n) is 6.96. The Hall–Kier alpha value is -4.36. The standard InChI is InChI=1S/C31H25N5OS/c1-18-6-7-20(16-25(18)32)29-23-4-2-3-5-24(23)31(36-35-29)34-21-10-12-22(13-11-21)38-28-14-15-33-26-17-27(19-8-9-19)37-30(26)28/h2-7,10-17,19H,8-9,32H2,1H3,(H,34,36). The fourth-order valence-corrected chi connectivity index (χ4v) is 5.54. The molecule has 6 nitrogen and oxygen atoms in total. The molecule has 1 aliphatic carbocycles. The van der Waals surface area contributed by atoms with E-state index in [2.05, 4.69) is 63.0 Å². The van der Waals surface area contributed by atoms with Crippen LogP contribution in [0.15, 0.2) is 99.3 Å². The summed E-state index contributed by atoms with van der Waals surface area (Å²) in [5, 5.41) is 14.6. The maximum absolute atomic E-state index is 6.17. The van der Waals surface area contributed by atoms with Gasteiger partial charge in [0, 0.05) is 50.8 Å². The fourth-order valence-electron chi connectivity index (χ4n) is 4.65. The molecule has 3 aromatic carbocycles. The van der Waals surface area contributed by atoms with E-state index in [1.54, 1.807) is 11.8 Å². The minimum absolute atomic E-state index is 0.565. The zero-order valence-electron chi connectivity index (χ0n) is 20.8. The van der Waals surface area contributed by atoms with Crippen molar-refractivity contribution in [3.8, 4) is 11.3 Å². The van der Waals surface area contributed by atoms with E-state index in [1.807, 2.05) is 49.5 Å². The van der Waals surface area contributed by atoms with E-state index < -0.39 is 0 Å². The molecule has 38 heavy (non-hydrogen) atoms. The maximum Gasteiger partial charge on any atom is 0.166 e. The summed E-state index contributed by atoms with van der Waals surface area (Å²) in [5.74, 6) is 2.34. The molecule has 0 amide bonds. The highest BCUT2D eigenvalue weighted by Crippen LogP contribution is 2.44. The molecule has 0 spiro atoms. The first-order valence-electron chi connectivity index (χ1n) is 12.7. The van der Waals surface area contributed by atoms with Gasteiger partial charge in [0.2, 0.25) is 0 Å². The van der Waals surface area contributed by atoms with Crippen LogP contribution in [0, 0.1) is 6.92 Å². The molecule has 0 bridgehead atoms. The Morgan fingerprint density at radius 1 is 0.921 bits per heavy atom. The summed E-state index contributed by atoms with van der Waals surface area (Å²) in [6.07, 6.45) is 4.27. The van der Waals surface area contributed by atoms with Crippen molar-refractivity contribution in [2.45, 2.75) is 35.5 Å². The van der Waals surface area contributed by atoms with Crippen molar-refractivity contribution >= 4 is 50.8 Å². The van der Waals surface area contributed by atoms with Gasteiger partial charge in [0.05, 0.1) is 4.90 Å². The third-order valence-corrected chi connectivity index (χ3v) is 8.01. The second-order valence-electron chi connectivity index (χ2n) is 9.71. The number of nitrogen functional groups attached to an aromatic ring is 1. The SMILES string of the molecule is Cc1ccc(-c2nnc(Nc3ccc(Sc4ccnc5cc(C6CC6)oc45)cc3)c3ccccc23)cc1N. The Morgan fingerprint density at radius 3 is 2.53 bits per heavy atom. The average molecular weight is 516 g/mol. The molecular formula is C31H25N5OS. The van der Waals surface area contributed by atoms with Gasteiger partial charge < -0.3 is 15.5 Å². The van der Waals surface area contributed by atoms with Crippen molar-refractivity contribution < 1.29 is 4.42 Å².